The Bertz CT molecular complexity index is 1060. The molecule has 0 N–H and O–H groups in total. The summed E-state index contributed by atoms with van der Waals surface area (Å²) in [4.78, 5) is 0. The fourth-order valence-electron chi connectivity index (χ4n) is 4.36. The molecule has 1 aliphatic rings. The summed E-state index contributed by atoms with van der Waals surface area (Å²) in [5.74, 6) is 0. The van der Waals surface area contributed by atoms with Crippen LogP contribution < -0.4 is 15.6 Å². The van der Waals surface area contributed by atoms with Crippen LogP contribution in [0.5, 0.6) is 0 Å². The van der Waals surface area contributed by atoms with Crippen LogP contribution in [0.3, 0.4) is 0 Å². The van der Waals surface area contributed by atoms with Gasteiger partial charge in [0.1, 0.15) is 8.80 Å². The minimum Gasteiger partial charge on any atom is -0.0623 e. The average molecular weight is 349 g/mol. The van der Waals surface area contributed by atoms with E-state index in [1.165, 1.54) is 33.0 Å². The van der Waals surface area contributed by atoms with Gasteiger partial charge in [0.05, 0.1) is 0 Å². The molecule has 0 atom stereocenters. The van der Waals surface area contributed by atoms with Gasteiger partial charge in [0.15, 0.2) is 0 Å². The second kappa shape index (κ2) is 6.12. The monoisotopic (exact) mass is 348 g/mol. The number of aryl methyl sites for hydroxylation is 1. The summed E-state index contributed by atoms with van der Waals surface area (Å²) in [6.07, 6.45) is 0. The van der Waals surface area contributed by atoms with Gasteiger partial charge in [-0.05, 0) is 50.3 Å². The van der Waals surface area contributed by atoms with Crippen molar-refractivity contribution in [3.05, 3.63) is 103 Å². The Hall–Kier alpha value is -2.90. The molecule has 0 unspecified atom stereocenters. The first-order valence-corrected chi connectivity index (χ1v) is 10.9. The number of rotatable bonds is 2. The summed E-state index contributed by atoms with van der Waals surface area (Å²) in [6.45, 7) is 2.21. The van der Waals surface area contributed by atoms with E-state index >= 15 is 0 Å². The quantitative estimate of drug-likeness (QED) is 0.425. The molecule has 0 aromatic heterocycles. The SMILES string of the molecule is Cc1ccccc1-c1ccccc1[SiH]1c2ccccc2-c2ccccc21. The van der Waals surface area contributed by atoms with Crippen molar-refractivity contribution in [1.82, 2.24) is 0 Å². The van der Waals surface area contributed by atoms with Gasteiger partial charge in [-0.25, -0.2) is 0 Å². The zero-order chi connectivity index (χ0) is 17.5. The van der Waals surface area contributed by atoms with Gasteiger partial charge in [0.2, 0.25) is 0 Å². The molecule has 0 saturated heterocycles. The molecule has 4 aromatic carbocycles. The number of benzene rings is 4. The highest BCUT2D eigenvalue weighted by Gasteiger charge is 2.32. The summed E-state index contributed by atoms with van der Waals surface area (Å²) in [6, 6.07) is 35.8. The minimum absolute atomic E-state index is 1.34. The van der Waals surface area contributed by atoms with E-state index in [-0.39, 0.29) is 0 Å². The van der Waals surface area contributed by atoms with E-state index in [1.807, 2.05) is 0 Å². The van der Waals surface area contributed by atoms with Crippen molar-refractivity contribution in [3.63, 3.8) is 0 Å². The van der Waals surface area contributed by atoms with Gasteiger partial charge < -0.3 is 0 Å². The lowest BCUT2D eigenvalue weighted by molar-refractivity contribution is 1.46. The summed E-state index contributed by atoms with van der Waals surface area (Å²) in [7, 11) is -1.46. The molecule has 0 radical (unpaired) electrons. The molecule has 0 spiro atoms. The van der Waals surface area contributed by atoms with Crippen molar-refractivity contribution in [2.75, 3.05) is 0 Å². The van der Waals surface area contributed by atoms with Crippen LogP contribution in [0.15, 0.2) is 97.1 Å². The Kier molecular flexibility index (Phi) is 3.61. The summed E-state index contributed by atoms with van der Waals surface area (Å²) in [5.41, 5.74) is 6.96. The van der Waals surface area contributed by atoms with E-state index in [1.54, 1.807) is 10.4 Å². The molecule has 0 bridgehead atoms. The van der Waals surface area contributed by atoms with Crippen molar-refractivity contribution >= 4 is 24.4 Å². The van der Waals surface area contributed by atoms with Gasteiger partial charge in [0, 0.05) is 0 Å². The third-order valence-electron chi connectivity index (χ3n) is 5.54. The normalized spacial score (nSPS) is 12.7. The van der Waals surface area contributed by atoms with Gasteiger partial charge in [-0.15, -0.1) is 0 Å². The van der Waals surface area contributed by atoms with Crippen LogP contribution in [-0.4, -0.2) is 8.80 Å². The van der Waals surface area contributed by atoms with Gasteiger partial charge in [-0.1, -0.05) is 97.1 Å². The average Bonchev–Trinajstić information content (AvgIpc) is 3.03. The summed E-state index contributed by atoms with van der Waals surface area (Å²) >= 11 is 0. The maximum absolute atomic E-state index is 2.36. The molecule has 1 heterocycles. The Morgan fingerprint density at radius 2 is 0.769 bits per heavy atom. The molecule has 0 nitrogen and oxygen atoms in total. The molecule has 26 heavy (non-hydrogen) atoms. The molecular weight excluding hydrogens is 328 g/mol. The molecule has 1 heteroatoms. The van der Waals surface area contributed by atoms with Crippen molar-refractivity contribution in [3.8, 4) is 22.3 Å². The van der Waals surface area contributed by atoms with Crippen LogP contribution in [0.25, 0.3) is 22.3 Å². The van der Waals surface area contributed by atoms with Gasteiger partial charge in [-0.2, -0.15) is 0 Å². The molecule has 0 saturated carbocycles. The molecule has 0 aliphatic carbocycles. The third kappa shape index (κ3) is 2.28. The van der Waals surface area contributed by atoms with E-state index in [2.05, 4.69) is 104 Å². The number of hydrogen-bond acceptors (Lipinski definition) is 0. The zero-order valence-corrected chi connectivity index (χ0v) is 16.0. The van der Waals surface area contributed by atoms with Crippen LogP contribution in [0.2, 0.25) is 0 Å². The highest BCUT2D eigenvalue weighted by Crippen LogP contribution is 2.26. The lowest BCUT2D eigenvalue weighted by atomic mass is 10.0. The Labute approximate surface area is 156 Å². The van der Waals surface area contributed by atoms with Crippen molar-refractivity contribution < 1.29 is 0 Å². The van der Waals surface area contributed by atoms with E-state index in [4.69, 9.17) is 0 Å². The van der Waals surface area contributed by atoms with Crippen LogP contribution in [0.1, 0.15) is 5.56 Å². The number of fused-ring (bicyclic) bond motifs is 3. The second-order valence-corrected chi connectivity index (χ2v) is 9.74. The highest BCUT2D eigenvalue weighted by molar-refractivity contribution is 6.99. The van der Waals surface area contributed by atoms with Crippen molar-refractivity contribution in [2.24, 2.45) is 0 Å². The van der Waals surface area contributed by atoms with Crippen LogP contribution in [0, 0.1) is 6.92 Å². The van der Waals surface area contributed by atoms with Gasteiger partial charge in [0.25, 0.3) is 0 Å². The minimum atomic E-state index is -1.46. The predicted molar refractivity (Wildman–Crippen MR) is 115 cm³/mol. The fourth-order valence-corrected chi connectivity index (χ4v) is 7.96. The van der Waals surface area contributed by atoms with E-state index < -0.39 is 8.80 Å². The first-order valence-electron chi connectivity index (χ1n) is 9.18. The Morgan fingerprint density at radius 1 is 0.423 bits per heavy atom. The first kappa shape index (κ1) is 15.4. The molecule has 5 rings (SSSR count). The third-order valence-corrected chi connectivity index (χ3v) is 8.92. The van der Waals surface area contributed by atoms with Gasteiger partial charge in [-0.3, -0.25) is 0 Å². The molecular formula is C25H20Si. The van der Waals surface area contributed by atoms with E-state index in [9.17, 15) is 0 Å². The van der Waals surface area contributed by atoms with Gasteiger partial charge >= 0.3 is 0 Å². The summed E-state index contributed by atoms with van der Waals surface area (Å²) in [5, 5.41) is 4.63. The topological polar surface area (TPSA) is 0 Å². The summed E-state index contributed by atoms with van der Waals surface area (Å²) < 4.78 is 0. The maximum Gasteiger partial charge on any atom is 0.135 e. The molecule has 0 amide bonds. The van der Waals surface area contributed by atoms with Crippen LogP contribution >= 0.6 is 0 Å². The Morgan fingerprint density at radius 3 is 1.23 bits per heavy atom. The van der Waals surface area contributed by atoms with Crippen molar-refractivity contribution in [2.45, 2.75) is 6.92 Å². The smallest absolute Gasteiger partial charge is 0.0623 e. The fraction of sp³-hybridized carbons (Fsp3) is 0.0400. The largest absolute Gasteiger partial charge is 0.135 e. The number of hydrogen-bond donors (Lipinski definition) is 0. The Balaban J connectivity index is 1.79. The predicted octanol–water partition coefficient (Wildman–Crippen LogP) is 3.89. The zero-order valence-electron chi connectivity index (χ0n) is 14.8. The lowest BCUT2D eigenvalue weighted by Crippen LogP contribution is -2.49. The standard InChI is InChI=1S/C25H20Si/c1-18-10-2-3-11-19(18)20-12-4-7-15-23(20)26-24-16-8-5-13-21(24)22-14-6-9-17-25(22)26/h2-17,26H,1H3. The van der Waals surface area contributed by atoms with Crippen LogP contribution in [-0.2, 0) is 0 Å². The van der Waals surface area contributed by atoms with Crippen LogP contribution in [0.4, 0.5) is 0 Å². The van der Waals surface area contributed by atoms with E-state index in [0.29, 0.717) is 0 Å². The van der Waals surface area contributed by atoms with E-state index in [0.717, 1.165) is 0 Å². The second-order valence-electron chi connectivity index (χ2n) is 7.01. The molecule has 1 aliphatic heterocycles. The molecule has 4 aromatic rings. The highest BCUT2D eigenvalue weighted by atomic mass is 28.3. The maximum atomic E-state index is 2.36. The van der Waals surface area contributed by atoms with Crippen molar-refractivity contribution in [1.29, 1.82) is 0 Å². The first-order chi connectivity index (χ1) is 12.8. The molecule has 124 valence electrons. The lowest BCUT2D eigenvalue weighted by Gasteiger charge is -2.18. The molecule has 0 fully saturated rings.